The SMILES string of the molecule is COC(CCN1C(=O)NC(C)C1=O)OC. The molecule has 86 valence electrons. The fourth-order valence-electron chi connectivity index (χ4n) is 1.44. The number of carbonyl (C=O) groups excluding carboxylic acids is 2. The molecule has 0 aliphatic carbocycles. The van der Waals surface area contributed by atoms with Crippen LogP contribution < -0.4 is 5.32 Å². The van der Waals surface area contributed by atoms with Gasteiger partial charge in [0, 0.05) is 27.2 Å². The van der Waals surface area contributed by atoms with Gasteiger partial charge in [0.25, 0.3) is 5.91 Å². The van der Waals surface area contributed by atoms with E-state index >= 15 is 0 Å². The Bertz CT molecular complexity index is 252. The third kappa shape index (κ3) is 2.66. The van der Waals surface area contributed by atoms with Crippen molar-refractivity contribution in [2.45, 2.75) is 25.7 Å². The maximum atomic E-state index is 11.5. The van der Waals surface area contributed by atoms with Gasteiger partial charge in [0.05, 0.1) is 0 Å². The Hall–Kier alpha value is -1.14. The topological polar surface area (TPSA) is 67.9 Å². The number of imide groups is 1. The Morgan fingerprint density at radius 3 is 2.40 bits per heavy atom. The van der Waals surface area contributed by atoms with Gasteiger partial charge in [0.15, 0.2) is 6.29 Å². The van der Waals surface area contributed by atoms with E-state index in [4.69, 9.17) is 9.47 Å². The summed E-state index contributed by atoms with van der Waals surface area (Å²) < 4.78 is 9.93. The van der Waals surface area contributed by atoms with E-state index in [1.54, 1.807) is 6.92 Å². The molecule has 1 fully saturated rings. The Labute approximate surface area is 88.5 Å². The van der Waals surface area contributed by atoms with E-state index in [-0.39, 0.29) is 18.2 Å². The number of methoxy groups -OCH3 is 2. The summed E-state index contributed by atoms with van der Waals surface area (Å²) in [7, 11) is 3.03. The zero-order valence-electron chi connectivity index (χ0n) is 9.15. The molecule has 0 radical (unpaired) electrons. The van der Waals surface area contributed by atoms with Gasteiger partial charge in [-0.25, -0.2) is 4.79 Å². The van der Waals surface area contributed by atoms with Crippen molar-refractivity contribution < 1.29 is 19.1 Å². The molecule has 1 heterocycles. The Balaban J connectivity index is 2.44. The molecule has 1 N–H and O–H groups in total. The van der Waals surface area contributed by atoms with Crippen LogP contribution in [0.3, 0.4) is 0 Å². The molecule has 1 aliphatic heterocycles. The molecule has 6 nitrogen and oxygen atoms in total. The molecule has 1 aliphatic rings. The zero-order chi connectivity index (χ0) is 11.4. The molecule has 1 saturated heterocycles. The molecule has 0 aromatic carbocycles. The summed E-state index contributed by atoms with van der Waals surface area (Å²) in [5.74, 6) is -0.203. The van der Waals surface area contributed by atoms with Crippen molar-refractivity contribution in [3.05, 3.63) is 0 Å². The molecule has 0 spiro atoms. The summed E-state index contributed by atoms with van der Waals surface area (Å²) in [6, 6.07) is -0.778. The van der Waals surface area contributed by atoms with Gasteiger partial charge in [-0.2, -0.15) is 0 Å². The lowest BCUT2D eigenvalue weighted by atomic mass is 10.3. The molecular weight excluding hydrogens is 200 g/mol. The van der Waals surface area contributed by atoms with Crippen LogP contribution >= 0.6 is 0 Å². The highest BCUT2D eigenvalue weighted by atomic mass is 16.7. The second-order valence-corrected chi connectivity index (χ2v) is 3.35. The van der Waals surface area contributed by atoms with E-state index in [1.807, 2.05) is 0 Å². The lowest BCUT2D eigenvalue weighted by Gasteiger charge is -2.17. The number of ether oxygens (including phenoxy) is 2. The lowest BCUT2D eigenvalue weighted by molar-refractivity contribution is -0.130. The van der Waals surface area contributed by atoms with Crippen LogP contribution in [-0.2, 0) is 14.3 Å². The summed E-state index contributed by atoms with van der Waals surface area (Å²) in [4.78, 5) is 23.9. The van der Waals surface area contributed by atoms with Crippen molar-refractivity contribution in [1.29, 1.82) is 0 Å². The molecule has 0 saturated carbocycles. The van der Waals surface area contributed by atoms with Crippen molar-refractivity contribution in [3.63, 3.8) is 0 Å². The predicted molar refractivity (Wildman–Crippen MR) is 52.1 cm³/mol. The van der Waals surface area contributed by atoms with Crippen LogP contribution in [0.5, 0.6) is 0 Å². The van der Waals surface area contributed by atoms with Crippen LogP contribution in [0.2, 0.25) is 0 Å². The Kier molecular flexibility index (Phi) is 4.05. The standard InChI is InChI=1S/C9H16N2O4/c1-6-8(12)11(9(13)10-6)5-4-7(14-2)15-3/h6-7H,4-5H2,1-3H3,(H,10,13). The van der Waals surface area contributed by atoms with Crippen molar-refractivity contribution in [2.75, 3.05) is 20.8 Å². The molecule has 6 heteroatoms. The molecule has 1 rings (SSSR count). The number of rotatable bonds is 5. The fraction of sp³-hybridized carbons (Fsp3) is 0.778. The number of hydrogen-bond donors (Lipinski definition) is 1. The second kappa shape index (κ2) is 5.09. The molecular formula is C9H16N2O4. The van der Waals surface area contributed by atoms with Crippen molar-refractivity contribution in [1.82, 2.24) is 10.2 Å². The van der Waals surface area contributed by atoms with E-state index in [1.165, 1.54) is 19.1 Å². The quantitative estimate of drug-likeness (QED) is 0.516. The fourth-order valence-corrected chi connectivity index (χ4v) is 1.44. The first kappa shape index (κ1) is 11.9. The first-order valence-electron chi connectivity index (χ1n) is 4.77. The third-order valence-electron chi connectivity index (χ3n) is 2.34. The van der Waals surface area contributed by atoms with Crippen LogP contribution in [0.4, 0.5) is 4.79 Å². The number of amides is 3. The van der Waals surface area contributed by atoms with Crippen LogP contribution in [0.1, 0.15) is 13.3 Å². The minimum Gasteiger partial charge on any atom is -0.356 e. The number of hydrogen-bond acceptors (Lipinski definition) is 4. The normalized spacial score (nSPS) is 21.3. The minimum absolute atomic E-state index is 0.203. The predicted octanol–water partition coefficient (Wildman–Crippen LogP) is -0.0643. The summed E-state index contributed by atoms with van der Waals surface area (Å²) in [6.45, 7) is 1.96. The Morgan fingerprint density at radius 1 is 1.40 bits per heavy atom. The van der Waals surface area contributed by atoms with Gasteiger partial charge >= 0.3 is 6.03 Å². The maximum Gasteiger partial charge on any atom is 0.324 e. The van der Waals surface area contributed by atoms with Gasteiger partial charge in [0.2, 0.25) is 0 Å². The second-order valence-electron chi connectivity index (χ2n) is 3.35. The summed E-state index contributed by atoms with van der Waals surface area (Å²) in [5, 5.41) is 2.53. The van der Waals surface area contributed by atoms with Crippen molar-refractivity contribution >= 4 is 11.9 Å². The first-order valence-corrected chi connectivity index (χ1v) is 4.77. The molecule has 3 amide bonds. The number of nitrogens with one attached hydrogen (secondary N) is 1. The van der Waals surface area contributed by atoms with E-state index < -0.39 is 6.04 Å². The van der Waals surface area contributed by atoms with Crippen molar-refractivity contribution in [2.24, 2.45) is 0 Å². The van der Waals surface area contributed by atoms with E-state index in [0.717, 1.165) is 0 Å². The minimum atomic E-state index is -0.430. The van der Waals surface area contributed by atoms with Gasteiger partial charge in [-0.3, -0.25) is 9.69 Å². The lowest BCUT2D eigenvalue weighted by Crippen LogP contribution is -2.34. The highest BCUT2D eigenvalue weighted by Crippen LogP contribution is 2.08. The van der Waals surface area contributed by atoms with Gasteiger partial charge in [-0.15, -0.1) is 0 Å². The van der Waals surface area contributed by atoms with Crippen molar-refractivity contribution in [3.8, 4) is 0 Å². The smallest absolute Gasteiger partial charge is 0.324 e. The number of carbonyl (C=O) groups is 2. The Morgan fingerprint density at radius 2 is 2.00 bits per heavy atom. The highest BCUT2D eigenvalue weighted by molar-refractivity contribution is 6.03. The summed E-state index contributed by atoms with van der Waals surface area (Å²) in [5.41, 5.74) is 0. The van der Waals surface area contributed by atoms with Crippen LogP contribution in [-0.4, -0.2) is 49.9 Å². The van der Waals surface area contributed by atoms with Crippen LogP contribution in [0, 0.1) is 0 Å². The van der Waals surface area contributed by atoms with Gasteiger partial charge in [-0.05, 0) is 6.92 Å². The highest BCUT2D eigenvalue weighted by Gasteiger charge is 2.34. The molecule has 1 atom stereocenters. The maximum absolute atomic E-state index is 11.5. The third-order valence-corrected chi connectivity index (χ3v) is 2.34. The average Bonchev–Trinajstić information content (AvgIpc) is 2.45. The largest absolute Gasteiger partial charge is 0.356 e. The van der Waals surface area contributed by atoms with E-state index in [0.29, 0.717) is 13.0 Å². The summed E-state index contributed by atoms with van der Waals surface area (Å²) >= 11 is 0. The number of nitrogens with zero attached hydrogens (tertiary/aromatic N) is 1. The van der Waals surface area contributed by atoms with Gasteiger partial charge < -0.3 is 14.8 Å². The number of urea groups is 1. The van der Waals surface area contributed by atoms with E-state index in [2.05, 4.69) is 5.32 Å². The molecule has 0 aromatic heterocycles. The van der Waals surface area contributed by atoms with Crippen LogP contribution in [0.15, 0.2) is 0 Å². The molecule has 0 aromatic rings. The molecule has 15 heavy (non-hydrogen) atoms. The zero-order valence-corrected chi connectivity index (χ0v) is 9.15. The average molecular weight is 216 g/mol. The first-order chi connectivity index (χ1) is 7.10. The van der Waals surface area contributed by atoms with Gasteiger partial charge in [-0.1, -0.05) is 0 Å². The van der Waals surface area contributed by atoms with Crippen LogP contribution in [0.25, 0.3) is 0 Å². The van der Waals surface area contributed by atoms with Gasteiger partial charge in [0.1, 0.15) is 6.04 Å². The monoisotopic (exact) mass is 216 g/mol. The molecule has 0 bridgehead atoms. The molecule has 1 unspecified atom stereocenters. The summed E-state index contributed by atoms with van der Waals surface area (Å²) in [6.07, 6.45) is 0.0836. The van der Waals surface area contributed by atoms with E-state index in [9.17, 15) is 9.59 Å².